The number of aromatic nitrogens is 3. The molecule has 7 nitrogen and oxygen atoms in total. The topological polar surface area (TPSA) is 82.2 Å². The number of furan rings is 1. The Balaban J connectivity index is 1.41. The van der Waals surface area contributed by atoms with Crippen LogP contribution in [0.3, 0.4) is 0 Å². The fraction of sp³-hybridized carbons (Fsp3) is 0.136. The molecule has 2 aromatic heterocycles. The molecule has 152 valence electrons. The molecule has 8 heteroatoms. The zero-order valence-electron chi connectivity index (χ0n) is 15.9. The van der Waals surface area contributed by atoms with Crippen molar-refractivity contribution >= 4 is 21.8 Å². The minimum absolute atomic E-state index is 0.226. The van der Waals surface area contributed by atoms with Crippen molar-refractivity contribution in [3.8, 4) is 5.75 Å². The van der Waals surface area contributed by atoms with E-state index < -0.39 is 0 Å². The smallest absolute Gasteiger partial charge is 0.287 e. The van der Waals surface area contributed by atoms with Crippen LogP contribution in [0.5, 0.6) is 5.75 Å². The fourth-order valence-electron chi connectivity index (χ4n) is 2.93. The van der Waals surface area contributed by atoms with E-state index in [-0.39, 0.29) is 24.3 Å². The monoisotopic (exact) mass is 466 g/mol. The number of hydrogen-bond acceptors (Lipinski definition) is 5. The molecule has 0 aliphatic heterocycles. The van der Waals surface area contributed by atoms with Crippen molar-refractivity contribution in [1.82, 2.24) is 20.1 Å². The molecule has 0 aliphatic carbocycles. The van der Waals surface area contributed by atoms with Gasteiger partial charge in [0, 0.05) is 4.47 Å². The number of nitrogens with one attached hydrogen (secondary N) is 1. The molecule has 4 aromatic rings. The van der Waals surface area contributed by atoms with Crippen molar-refractivity contribution in [2.24, 2.45) is 0 Å². The van der Waals surface area contributed by atoms with Gasteiger partial charge in [0.2, 0.25) is 0 Å². The highest BCUT2D eigenvalue weighted by molar-refractivity contribution is 9.10. The second kappa shape index (κ2) is 9.41. The molecule has 2 heterocycles. The lowest BCUT2D eigenvalue weighted by atomic mass is 10.1. The number of nitrogens with zero attached hydrogens (tertiary/aromatic N) is 3. The largest absolute Gasteiger partial charge is 0.486 e. The van der Waals surface area contributed by atoms with E-state index in [4.69, 9.17) is 9.15 Å². The third-order valence-electron chi connectivity index (χ3n) is 4.42. The van der Waals surface area contributed by atoms with Gasteiger partial charge in [-0.2, -0.15) is 5.10 Å². The third-order valence-corrected chi connectivity index (χ3v) is 4.95. The van der Waals surface area contributed by atoms with Crippen LogP contribution in [0.1, 0.15) is 27.9 Å². The van der Waals surface area contributed by atoms with Crippen molar-refractivity contribution in [2.75, 3.05) is 0 Å². The highest BCUT2D eigenvalue weighted by atomic mass is 79.9. The Labute approximate surface area is 181 Å². The Morgan fingerprint density at radius 3 is 2.63 bits per heavy atom. The number of hydrogen-bond donors (Lipinski definition) is 1. The number of rotatable bonds is 8. The lowest BCUT2D eigenvalue weighted by Crippen LogP contribution is -2.31. The first kappa shape index (κ1) is 19.9. The first-order valence-electron chi connectivity index (χ1n) is 9.33. The lowest BCUT2D eigenvalue weighted by Gasteiger charge is -2.18. The third kappa shape index (κ3) is 5.15. The summed E-state index contributed by atoms with van der Waals surface area (Å²) in [5.74, 6) is 1.20. The van der Waals surface area contributed by atoms with Crippen LogP contribution >= 0.6 is 15.9 Å². The van der Waals surface area contributed by atoms with Crippen molar-refractivity contribution < 1.29 is 13.9 Å². The normalized spacial score (nSPS) is 11.8. The van der Waals surface area contributed by atoms with E-state index in [0.29, 0.717) is 12.3 Å². The Bertz CT molecular complexity index is 1080. The summed E-state index contributed by atoms with van der Waals surface area (Å²) in [5, 5.41) is 7.15. The number of carbonyl (C=O) groups is 1. The van der Waals surface area contributed by atoms with Crippen LogP contribution in [0.25, 0.3) is 0 Å². The van der Waals surface area contributed by atoms with Gasteiger partial charge in [0.05, 0.1) is 12.6 Å². The predicted octanol–water partition coefficient (Wildman–Crippen LogP) is 4.38. The van der Waals surface area contributed by atoms with E-state index in [2.05, 4.69) is 31.3 Å². The van der Waals surface area contributed by atoms with Crippen molar-refractivity contribution in [2.45, 2.75) is 19.2 Å². The van der Waals surface area contributed by atoms with Gasteiger partial charge in [-0.3, -0.25) is 9.48 Å². The molecule has 1 amide bonds. The van der Waals surface area contributed by atoms with Crippen LogP contribution in [0.15, 0.2) is 88.3 Å². The summed E-state index contributed by atoms with van der Waals surface area (Å²) in [6.45, 7) is 0.686. The molecule has 0 spiro atoms. The molecule has 0 radical (unpaired) electrons. The summed E-state index contributed by atoms with van der Waals surface area (Å²) in [5.41, 5.74) is 0.965. The summed E-state index contributed by atoms with van der Waals surface area (Å²) < 4.78 is 14.0. The Kier molecular flexibility index (Phi) is 6.24. The average Bonchev–Trinajstić information content (AvgIpc) is 3.46. The molecule has 1 atom stereocenters. The van der Waals surface area contributed by atoms with Gasteiger partial charge in [0.1, 0.15) is 30.8 Å². The molecule has 0 bridgehead atoms. The van der Waals surface area contributed by atoms with Gasteiger partial charge in [-0.25, -0.2) is 4.98 Å². The molecular formula is C22H19BrN4O3. The van der Waals surface area contributed by atoms with Gasteiger partial charge in [-0.15, -0.1) is 0 Å². The molecule has 1 unspecified atom stereocenters. The van der Waals surface area contributed by atoms with Crippen LogP contribution < -0.4 is 10.1 Å². The van der Waals surface area contributed by atoms with Crippen LogP contribution in [-0.4, -0.2) is 20.7 Å². The maximum absolute atomic E-state index is 12.8. The fourth-order valence-corrected chi connectivity index (χ4v) is 3.19. The molecule has 0 fully saturated rings. The van der Waals surface area contributed by atoms with E-state index in [1.54, 1.807) is 23.1 Å². The van der Waals surface area contributed by atoms with Gasteiger partial charge in [0.25, 0.3) is 5.91 Å². The maximum Gasteiger partial charge on any atom is 0.287 e. The Morgan fingerprint density at radius 1 is 1.10 bits per heavy atom. The second-order valence-corrected chi connectivity index (χ2v) is 7.48. The summed E-state index contributed by atoms with van der Waals surface area (Å²) in [6.07, 6.45) is 3.08. The molecule has 0 saturated heterocycles. The van der Waals surface area contributed by atoms with Gasteiger partial charge < -0.3 is 14.5 Å². The lowest BCUT2D eigenvalue weighted by molar-refractivity contribution is 0.0899. The molecule has 0 saturated carbocycles. The highest BCUT2D eigenvalue weighted by Gasteiger charge is 2.19. The Hall–Kier alpha value is -3.39. The summed E-state index contributed by atoms with van der Waals surface area (Å²) in [6, 6.07) is 20.3. The van der Waals surface area contributed by atoms with Gasteiger partial charge in [0.15, 0.2) is 5.76 Å². The summed E-state index contributed by atoms with van der Waals surface area (Å²) in [4.78, 5) is 16.7. The number of benzene rings is 2. The molecule has 0 aliphatic rings. The standard InChI is InChI=1S/C22H19BrN4O3/c23-17-6-8-18(9-7-17)29-13-19-10-11-21(30-19)22(28)26-20(12-27-15-24-14-25-27)16-4-2-1-3-5-16/h1-11,14-15,20H,12-13H2,(H,26,28). The quantitative estimate of drug-likeness (QED) is 0.416. The molecule has 30 heavy (non-hydrogen) atoms. The van der Waals surface area contributed by atoms with Gasteiger partial charge >= 0.3 is 0 Å². The first-order valence-corrected chi connectivity index (χ1v) is 10.1. The SMILES string of the molecule is O=C(NC(Cn1cncn1)c1ccccc1)c1ccc(COc2ccc(Br)cc2)o1. The van der Waals surface area contributed by atoms with E-state index in [9.17, 15) is 4.79 Å². The highest BCUT2D eigenvalue weighted by Crippen LogP contribution is 2.19. The molecule has 2 aromatic carbocycles. The number of amides is 1. The number of carbonyl (C=O) groups excluding carboxylic acids is 1. The second-order valence-electron chi connectivity index (χ2n) is 6.56. The van der Waals surface area contributed by atoms with E-state index in [1.165, 1.54) is 6.33 Å². The van der Waals surface area contributed by atoms with E-state index >= 15 is 0 Å². The predicted molar refractivity (Wildman–Crippen MR) is 114 cm³/mol. The van der Waals surface area contributed by atoms with Crippen LogP contribution in [0.2, 0.25) is 0 Å². The van der Waals surface area contributed by atoms with Crippen molar-refractivity contribution in [3.63, 3.8) is 0 Å². The summed E-state index contributed by atoms with van der Waals surface area (Å²) >= 11 is 3.39. The first-order chi connectivity index (χ1) is 14.7. The number of halogens is 1. The van der Waals surface area contributed by atoms with Crippen molar-refractivity contribution in [3.05, 3.63) is 101 Å². The van der Waals surface area contributed by atoms with Gasteiger partial charge in [-0.1, -0.05) is 46.3 Å². The average molecular weight is 467 g/mol. The zero-order valence-corrected chi connectivity index (χ0v) is 17.5. The molecule has 1 N–H and O–H groups in total. The minimum atomic E-state index is -0.307. The van der Waals surface area contributed by atoms with E-state index in [0.717, 1.165) is 15.8 Å². The molecular weight excluding hydrogens is 448 g/mol. The minimum Gasteiger partial charge on any atom is -0.486 e. The number of ether oxygens (including phenoxy) is 1. The van der Waals surface area contributed by atoms with Gasteiger partial charge in [-0.05, 0) is 42.0 Å². The maximum atomic E-state index is 12.8. The molecule has 4 rings (SSSR count). The van der Waals surface area contributed by atoms with E-state index in [1.807, 2.05) is 54.6 Å². The summed E-state index contributed by atoms with van der Waals surface area (Å²) in [7, 11) is 0. The van der Waals surface area contributed by atoms with Crippen molar-refractivity contribution in [1.29, 1.82) is 0 Å². The van der Waals surface area contributed by atoms with Crippen LogP contribution in [0, 0.1) is 0 Å². The zero-order chi connectivity index (χ0) is 20.8. The van der Waals surface area contributed by atoms with Crippen LogP contribution in [-0.2, 0) is 13.2 Å². The Morgan fingerprint density at radius 2 is 1.90 bits per heavy atom. The van der Waals surface area contributed by atoms with Crippen LogP contribution in [0.4, 0.5) is 0 Å².